The van der Waals surface area contributed by atoms with Crippen molar-refractivity contribution >= 4 is 5.91 Å². The number of ether oxygens (including phenoxy) is 1. The Morgan fingerprint density at radius 1 is 1.07 bits per heavy atom. The lowest BCUT2D eigenvalue weighted by Gasteiger charge is -2.31. The van der Waals surface area contributed by atoms with Gasteiger partial charge in [0.15, 0.2) is 5.69 Å². The Balaban J connectivity index is 1.30. The van der Waals surface area contributed by atoms with E-state index in [4.69, 9.17) is 4.74 Å². The van der Waals surface area contributed by atoms with Crippen molar-refractivity contribution in [2.24, 2.45) is 0 Å². The number of para-hydroxylation sites is 1. The summed E-state index contributed by atoms with van der Waals surface area (Å²) in [5.41, 5.74) is 2.17. The van der Waals surface area contributed by atoms with Crippen LogP contribution in [0.15, 0.2) is 60.9 Å². The number of nitrogens with zero attached hydrogens (tertiary/aromatic N) is 5. The number of rotatable bonds is 5. The fourth-order valence-electron chi connectivity index (χ4n) is 3.14. The molecule has 1 saturated heterocycles. The number of carbonyl (C=O) groups is 1. The van der Waals surface area contributed by atoms with E-state index in [1.54, 1.807) is 17.1 Å². The van der Waals surface area contributed by atoms with Gasteiger partial charge in [0.2, 0.25) is 0 Å². The molecule has 3 heterocycles. The number of benzene rings is 1. The molecular formula is C20H21N5O2. The maximum absolute atomic E-state index is 12.7. The number of aromatic nitrogens is 4. The third kappa shape index (κ3) is 4.20. The molecular weight excluding hydrogens is 342 g/mol. The Kier molecular flexibility index (Phi) is 5.20. The van der Waals surface area contributed by atoms with Crippen LogP contribution in [0.2, 0.25) is 0 Å². The SMILES string of the molecule is O=C(c1cn(-c2ccccc2)nn1)N1CCC(OCc2ccccn2)CC1. The molecule has 0 N–H and O–H groups in total. The fraction of sp³-hybridized carbons (Fsp3) is 0.300. The lowest BCUT2D eigenvalue weighted by atomic mass is 10.1. The normalized spacial score (nSPS) is 15.0. The average molecular weight is 363 g/mol. The first-order valence-electron chi connectivity index (χ1n) is 9.08. The van der Waals surface area contributed by atoms with Crippen LogP contribution in [0.5, 0.6) is 0 Å². The number of pyridine rings is 1. The maximum atomic E-state index is 12.7. The summed E-state index contributed by atoms with van der Waals surface area (Å²) in [6.07, 6.45) is 5.22. The van der Waals surface area contributed by atoms with Crippen molar-refractivity contribution in [2.75, 3.05) is 13.1 Å². The first-order valence-corrected chi connectivity index (χ1v) is 9.08. The number of likely N-dealkylation sites (tertiary alicyclic amines) is 1. The minimum Gasteiger partial charge on any atom is -0.372 e. The van der Waals surface area contributed by atoms with Crippen LogP contribution in [0, 0.1) is 0 Å². The van der Waals surface area contributed by atoms with Crippen LogP contribution in [-0.2, 0) is 11.3 Å². The molecule has 0 bridgehead atoms. The van der Waals surface area contributed by atoms with Gasteiger partial charge in [-0.3, -0.25) is 9.78 Å². The summed E-state index contributed by atoms with van der Waals surface area (Å²) in [6, 6.07) is 15.4. The lowest BCUT2D eigenvalue weighted by molar-refractivity contribution is -0.00173. The number of piperidine rings is 1. The first kappa shape index (κ1) is 17.4. The second-order valence-electron chi connectivity index (χ2n) is 6.51. The van der Waals surface area contributed by atoms with Crippen molar-refractivity contribution in [1.82, 2.24) is 24.9 Å². The molecule has 2 aromatic heterocycles. The van der Waals surface area contributed by atoms with E-state index in [2.05, 4.69) is 15.3 Å². The summed E-state index contributed by atoms with van der Waals surface area (Å²) in [6.45, 7) is 1.82. The van der Waals surface area contributed by atoms with Gasteiger partial charge < -0.3 is 9.64 Å². The van der Waals surface area contributed by atoms with E-state index in [1.165, 1.54) is 0 Å². The van der Waals surface area contributed by atoms with E-state index in [0.717, 1.165) is 24.2 Å². The van der Waals surface area contributed by atoms with E-state index < -0.39 is 0 Å². The number of hydrogen-bond donors (Lipinski definition) is 0. The van der Waals surface area contributed by atoms with E-state index >= 15 is 0 Å². The van der Waals surface area contributed by atoms with Crippen molar-refractivity contribution in [2.45, 2.75) is 25.6 Å². The molecule has 0 spiro atoms. The Hall–Kier alpha value is -3.06. The summed E-state index contributed by atoms with van der Waals surface area (Å²) in [5, 5.41) is 8.11. The highest BCUT2D eigenvalue weighted by Gasteiger charge is 2.26. The molecule has 1 fully saturated rings. The minimum atomic E-state index is -0.0830. The molecule has 4 rings (SSSR count). The van der Waals surface area contributed by atoms with Crippen LogP contribution < -0.4 is 0 Å². The average Bonchev–Trinajstić information content (AvgIpc) is 3.24. The molecule has 0 saturated carbocycles. The van der Waals surface area contributed by atoms with Gasteiger partial charge in [-0.1, -0.05) is 29.5 Å². The molecule has 0 atom stereocenters. The summed E-state index contributed by atoms with van der Waals surface area (Å²) in [7, 11) is 0. The molecule has 138 valence electrons. The van der Waals surface area contributed by atoms with Gasteiger partial charge in [0.05, 0.1) is 30.3 Å². The molecule has 27 heavy (non-hydrogen) atoms. The Bertz CT molecular complexity index is 874. The summed E-state index contributed by atoms with van der Waals surface area (Å²) in [5.74, 6) is -0.0830. The highest BCUT2D eigenvalue weighted by Crippen LogP contribution is 2.17. The number of carbonyl (C=O) groups excluding carboxylic acids is 1. The van der Waals surface area contributed by atoms with Gasteiger partial charge in [-0.05, 0) is 37.1 Å². The van der Waals surface area contributed by atoms with Crippen molar-refractivity contribution in [3.8, 4) is 5.69 Å². The molecule has 1 aromatic carbocycles. The maximum Gasteiger partial charge on any atom is 0.276 e. The van der Waals surface area contributed by atoms with Crippen molar-refractivity contribution in [3.05, 3.63) is 72.3 Å². The van der Waals surface area contributed by atoms with Gasteiger partial charge >= 0.3 is 0 Å². The van der Waals surface area contributed by atoms with Gasteiger partial charge in [0.25, 0.3) is 5.91 Å². The van der Waals surface area contributed by atoms with Gasteiger partial charge in [-0.15, -0.1) is 5.10 Å². The van der Waals surface area contributed by atoms with Gasteiger partial charge in [0, 0.05) is 19.3 Å². The minimum absolute atomic E-state index is 0.0830. The fourth-order valence-corrected chi connectivity index (χ4v) is 3.14. The molecule has 1 aliphatic rings. The summed E-state index contributed by atoms with van der Waals surface area (Å²) >= 11 is 0. The molecule has 7 heteroatoms. The number of amides is 1. The third-order valence-corrected chi connectivity index (χ3v) is 4.66. The largest absolute Gasteiger partial charge is 0.372 e. The van der Waals surface area contributed by atoms with E-state index in [9.17, 15) is 4.79 Å². The summed E-state index contributed by atoms with van der Waals surface area (Å²) < 4.78 is 7.55. The zero-order valence-electron chi connectivity index (χ0n) is 14.9. The predicted molar refractivity (Wildman–Crippen MR) is 99.3 cm³/mol. The lowest BCUT2D eigenvalue weighted by Crippen LogP contribution is -2.41. The van der Waals surface area contributed by atoms with Crippen LogP contribution in [-0.4, -0.2) is 50.0 Å². The highest BCUT2D eigenvalue weighted by atomic mass is 16.5. The van der Waals surface area contributed by atoms with Crippen LogP contribution in [0.1, 0.15) is 29.0 Å². The molecule has 3 aromatic rings. The van der Waals surface area contributed by atoms with E-state index in [-0.39, 0.29) is 12.0 Å². The summed E-state index contributed by atoms with van der Waals surface area (Å²) in [4.78, 5) is 18.8. The molecule has 0 unspecified atom stereocenters. The van der Waals surface area contributed by atoms with Crippen LogP contribution in [0.3, 0.4) is 0 Å². The monoisotopic (exact) mass is 363 g/mol. The Morgan fingerprint density at radius 3 is 2.59 bits per heavy atom. The molecule has 1 amide bonds. The van der Waals surface area contributed by atoms with Gasteiger partial charge in [-0.2, -0.15) is 0 Å². The standard InChI is InChI=1S/C20H21N5O2/c26-20(19-14-25(23-22-19)17-7-2-1-3-8-17)24-12-9-18(10-13-24)27-15-16-6-4-5-11-21-16/h1-8,11,14,18H,9-10,12-13,15H2. The number of hydrogen-bond acceptors (Lipinski definition) is 5. The van der Waals surface area contributed by atoms with E-state index in [0.29, 0.717) is 25.4 Å². The van der Waals surface area contributed by atoms with Crippen molar-refractivity contribution in [1.29, 1.82) is 0 Å². The van der Waals surface area contributed by atoms with Crippen molar-refractivity contribution in [3.63, 3.8) is 0 Å². The van der Waals surface area contributed by atoms with Gasteiger partial charge in [0.1, 0.15) is 0 Å². The first-order chi connectivity index (χ1) is 13.3. The van der Waals surface area contributed by atoms with Gasteiger partial charge in [-0.25, -0.2) is 4.68 Å². The zero-order chi connectivity index (χ0) is 18.5. The smallest absolute Gasteiger partial charge is 0.276 e. The second kappa shape index (κ2) is 8.09. The van der Waals surface area contributed by atoms with Crippen LogP contribution in [0.4, 0.5) is 0 Å². The predicted octanol–water partition coefficient (Wildman–Crippen LogP) is 2.48. The molecule has 7 nitrogen and oxygen atoms in total. The zero-order valence-corrected chi connectivity index (χ0v) is 14.9. The molecule has 1 aliphatic heterocycles. The second-order valence-corrected chi connectivity index (χ2v) is 6.51. The van der Waals surface area contributed by atoms with Crippen LogP contribution in [0.25, 0.3) is 5.69 Å². The van der Waals surface area contributed by atoms with Crippen molar-refractivity contribution < 1.29 is 9.53 Å². The molecule has 0 aliphatic carbocycles. The molecule has 0 radical (unpaired) electrons. The Labute approximate surface area is 157 Å². The van der Waals surface area contributed by atoms with E-state index in [1.807, 2.05) is 53.4 Å². The topological polar surface area (TPSA) is 73.1 Å². The highest BCUT2D eigenvalue weighted by molar-refractivity contribution is 5.92. The third-order valence-electron chi connectivity index (χ3n) is 4.66. The quantitative estimate of drug-likeness (QED) is 0.696. The Morgan fingerprint density at radius 2 is 1.85 bits per heavy atom. The van der Waals surface area contributed by atoms with Crippen LogP contribution >= 0.6 is 0 Å².